The lowest BCUT2D eigenvalue weighted by Crippen LogP contribution is -2.06. The fourth-order valence-electron chi connectivity index (χ4n) is 2.29. The Morgan fingerprint density at radius 3 is 2.00 bits per heavy atom. The lowest BCUT2D eigenvalue weighted by atomic mass is 9.80. The minimum Gasteiger partial charge on any atom is -0.493 e. The Hall–Kier alpha value is -2.29. The van der Waals surface area contributed by atoms with Gasteiger partial charge in [-0.05, 0) is 34.4 Å². The molecule has 2 aromatic rings. The van der Waals surface area contributed by atoms with Crippen LogP contribution in [-0.2, 0) is 4.79 Å². The van der Waals surface area contributed by atoms with Crippen molar-refractivity contribution in [2.24, 2.45) is 0 Å². The number of ether oxygens (including phenoxy) is 2. The molecule has 90 valence electrons. The molecule has 1 aliphatic carbocycles. The normalized spacial score (nSPS) is 11.0. The van der Waals surface area contributed by atoms with Gasteiger partial charge < -0.3 is 9.47 Å². The highest BCUT2D eigenvalue weighted by Gasteiger charge is 2.25. The second-order valence-electron chi connectivity index (χ2n) is 4.19. The van der Waals surface area contributed by atoms with Gasteiger partial charge in [0.25, 0.3) is 0 Å². The third-order valence-corrected chi connectivity index (χ3v) is 3.06. The fraction of sp³-hybridized carbons (Fsp3) is 0.133. The molecule has 0 bridgehead atoms. The van der Waals surface area contributed by atoms with Gasteiger partial charge in [0.1, 0.15) is 0 Å². The van der Waals surface area contributed by atoms with E-state index in [0.29, 0.717) is 11.5 Å². The zero-order chi connectivity index (χ0) is 12.7. The van der Waals surface area contributed by atoms with Gasteiger partial charge >= 0.3 is 5.97 Å². The van der Waals surface area contributed by atoms with Crippen LogP contribution in [-0.4, -0.2) is 13.1 Å². The van der Waals surface area contributed by atoms with Crippen LogP contribution in [0.2, 0.25) is 0 Å². The van der Waals surface area contributed by atoms with Gasteiger partial charge in [-0.2, -0.15) is 0 Å². The Morgan fingerprint density at radius 2 is 1.50 bits per heavy atom. The number of esters is 1. The first kappa shape index (κ1) is 10.8. The standard InChI is InChI=1S/C15H12O3/c1-9(16)18-15-8-13-11-6-4-3-5-10(11)12(13)7-14(15)17-2/h3-8H,1-2H3. The van der Waals surface area contributed by atoms with E-state index < -0.39 is 0 Å². The molecule has 3 rings (SSSR count). The molecule has 0 spiro atoms. The largest absolute Gasteiger partial charge is 0.493 e. The Balaban J connectivity index is 2.11. The predicted octanol–water partition coefficient (Wildman–Crippen LogP) is 3.27. The summed E-state index contributed by atoms with van der Waals surface area (Å²) in [7, 11) is 1.57. The third-order valence-electron chi connectivity index (χ3n) is 3.06. The van der Waals surface area contributed by atoms with Crippen LogP contribution in [0.3, 0.4) is 0 Å². The first-order valence-corrected chi connectivity index (χ1v) is 5.71. The number of methoxy groups -OCH3 is 1. The van der Waals surface area contributed by atoms with E-state index >= 15 is 0 Å². The number of carbonyl (C=O) groups is 1. The molecular weight excluding hydrogens is 228 g/mol. The zero-order valence-corrected chi connectivity index (χ0v) is 10.2. The van der Waals surface area contributed by atoms with Crippen molar-refractivity contribution in [3.05, 3.63) is 36.4 Å². The first-order valence-electron chi connectivity index (χ1n) is 5.71. The molecule has 0 aliphatic heterocycles. The molecule has 3 nitrogen and oxygen atoms in total. The summed E-state index contributed by atoms with van der Waals surface area (Å²) >= 11 is 0. The van der Waals surface area contributed by atoms with Gasteiger partial charge in [-0.15, -0.1) is 0 Å². The number of benzene rings is 2. The van der Waals surface area contributed by atoms with E-state index in [1.165, 1.54) is 18.1 Å². The van der Waals surface area contributed by atoms with Gasteiger partial charge in [0.05, 0.1) is 7.11 Å². The van der Waals surface area contributed by atoms with Crippen LogP contribution in [0.1, 0.15) is 6.92 Å². The molecular formula is C15H12O3. The summed E-state index contributed by atoms with van der Waals surface area (Å²) in [6.45, 7) is 1.38. The number of fused-ring (bicyclic) bond motifs is 4. The lowest BCUT2D eigenvalue weighted by molar-refractivity contribution is -0.132. The average molecular weight is 240 g/mol. The smallest absolute Gasteiger partial charge is 0.308 e. The van der Waals surface area contributed by atoms with E-state index in [2.05, 4.69) is 12.1 Å². The van der Waals surface area contributed by atoms with E-state index in [1.807, 2.05) is 24.3 Å². The van der Waals surface area contributed by atoms with Crippen molar-refractivity contribution in [2.75, 3.05) is 7.11 Å². The minimum absolute atomic E-state index is 0.346. The molecule has 0 saturated heterocycles. The maximum atomic E-state index is 11.1. The number of rotatable bonds is 2. The highest BCUT2D eigenvalue weighted by molar-refractivity contribution is 6.03. The van der Waals surface area contributed by atoms with Crippen molar-refractivity contribution >= 4 is 5.97 Å². The summed E-state index contributed by atoms with van der Waals surface area (Å²) in [5.74, 6) is 0.706. The number of hydrogen-bond acceptors (Lipinski definition) is 3. The molecule has 2 aromatic carbocycles. The van der Waals surface area contributed by atoms with Crippen LogP contribution in [0.25, 0.3) is 22.3 Å². The van der Waals surface area contributed by atoms with Gasteiger partial charge in [0, 0.05) is 6.92 Å². The molecule has 0 fully saturated rings. The molecule has 0 amide bonds. The highest BCUT2D eigenvalue weighted by Crippen LogP contribution is 2.51. The van der Waals surface area contributed by atoms with E-state index in [-0.39, 0.29) is 5.97 Å². The molecule has 0 heterocycles. The zero-order valence-electron chi connectivity index (χ0n) is 10.2. The molecule has 1 aliphatic rings. The van der Waals surface area contributed by atoms with Gasteiger partial charge in [-0.1, -0.05) is 24.3 Å². The van der Waals surface area contributed by atoms with E-state index in [4.69, 9.17) is 9.47 Å². The summed E-state index contributed by atoms with van der Waals surface area (Å²) in [6.07, 6.45) is 0. The van der Waals surface area contributed by atoms with Crippen LogP contribution in [0.15, 0.2) is 36.4 Å². The SMILES string of the molecule is COc1cc2c(cc1OC(C)=O)-c1ccccc1-2. The first-order chi connectivity index (χ1) is 8.70. The monoisotopic (exact) mass is 240 g/mol. The molecule has 0 radical (unpaired) electrons. The summed E-state index contributed by atoms with van der Waals surface area (Å²) in [6, 6.07) is 11.9. The second kappa shape index (κ2) is 3.88. The Labute approximate surface area is 105 Å². The minimum atomic E-state index is -0.346. The fourth-order valence-corrected chi connectivity index (χ4v) is 2.29. The molecule has 3 heteroatoms. The van der Waals surface area contributed by atoms with Gasteiger partial charge in [0.2, 0.25) is 0 Å². The Morgan fingerprint density at radius 1 is 0.944 bits per heavy atom. The molecule has 0 aromatic heterocycles. The number of hydrogen-bond donors (Lipinski definition) is 0. The van der Waals surface area contributed by atoms with E-state index in [0.717, 1.165) is 11.1 Å². The average Bonchev–Trinajstić information content (AvgIpc) is 2.36. The summed E-state index contributed by atoms with van der Waals surface area (Å²) in [5, 5.41) is 0. The second-order valence-corrected chi connectivity index (χ2v) is 4.19. The van der Waals surface area contributed by atoms with E-state index in [9.17, 15) is 4.79 Å². The third kappa shape index (κ3) is 1.48. The molecule has 0 saturated carbocycles. The van der Waals surface area contributed by atoms with Crippen molar-refractivity contribution in [2.45, 2.75) is 6.92 Å². The molecule has 0 N–H and O–H groups in total. The van der Waals surface area contributed by atoms with Crippen LogP contribution >= 0.6 is 0 Å². The van der Waals surface area contributed by atoms with Crippen molar-refractivity contribution in [3.63, 3.8) is 0 Å². The van der Waals surface area contributed by atoms with Gasteiger partial charge in [-0.25, -0.2) is 0 Å². The maximum Gasteiger partial charge on any atom is 0.308 e. The van der Waals surface area contributed by atoms with E-state index in [1.54, 1.807) is 7.11 Å². The number of carbonyl (C=O) groups excluding carboxylic acids is 1. The van der Waals surface area contributed by atoms with Crippen LogP contribution in [0.5, 0.6) is 11.5 Å². The maximum absolute atomic E-state index is 11.1. The highest BCUT2D eigenvalue weighted by atomic mass is 16.6. The van der Waals surface area contributed by atoms with Crippen molar-refractivity contribution in [3.8, 4) is 33.8 Å². The van der Waals surface area contributed by atoms with Crippen molar-refractivity contribution < 1.29 is 14.3 Å². The summed E-state index contributed by atoms with van der Waals surface area (Å²) in [5.41, 5.74) is 4.63. The predicted molar refractivity (Wildman–Crippen MR) is 68.7 cm³/mol. The topological polar surface area (TPSA) is 35.5 Å². The van der Waals surface area contributed by atoms with Crippen molar-refractivity contribution in [1.82, 2.24) is 0 Å². The molecule has 18 heavy (non-hydrogen) atoms. The summed E-state index contributed by atoms with van der Waals surface area (Å²) in [4.78, 5) is 11.1. The quantitative estimate of drug-likeness (QED) is 0.509. The Bertz CT molecular complexity index is 644. The lowest BCUT2D eigenvalue weighted by Gasteiger charge is -2.25. The Kier molecular flexibility index (Phi) is 2.33. The summed E-state index contributed by atoms with van der Waals surface area (Å²) < 4.78 is 10.4. The molecule has 0 unspecified atom stereocenters. The molecule has 0 atom stereocenters. The van der Waals surface area contributed by atoms with Crippen LogP contribution in [0.4, 0.5) is 0 Å². The van der Waals surface area contributed by atoms with Crippen molar-refractivity contribution in [1.29, 1.82) is 0 Å². The van der Waals surface area contributed by atoms with Gasteiger partial charge in [-0.3, -0.25) is 4.79 Å². The van der Waals surface area contributed by atoms with Gasteiger partial charge in [0.15, 0.2) is 11.5 Å². The van der Waals surface area contributed by atoms with Crippen LogP contribution < -0.4 is 9.47 Å². The van der Waals surface area contributed by atoms with Crippen LogP contribution in [0, 0.1) is 0 Å².